The second kappa shape index (κ2) is 11.9. The summed E-state index contributed by atoms with van der Waals surface area (Å²) in [5, 5.41) is 3.27. The predicted molar refractivity (Wildman–Crippen MR) is 110 cm³/mol. The minimum absolute atomic E-state index is 0.300. The van der Waals surface area contributed by atoms with Crippen LogP contribution in [0, 0.1) is 0 Å². The first-order chi connectivity index (χ1) is 15.1. The maximum absolute atomic E-state index is 11.8. The van der Waals surface area contributed by atoms with Gasteiger partial charge in [0.25, 0.3) is 0 Å². The molecule has 0 unspecified atom stereocenters. The van der Waals surface area contributed by atoms with Gasteiger partial charge in [-0.15, -0.1) is 0 Å². The van der Waals surface area contributed by atoms with Crippen molar-refractivity contribution in [3.63, 3.8) is 0 Å². The number of thiocarbonyl (C=S) groups is 1. The zero-order valence-corrected chi connectivity index (χ0v) is 19.2. The molecule has 2 aliphatic rings. The predicted octanol–water partition coefficient (Wildman–Crippen LogP) is -0.724. The van der Waals surface area contributed by atoms with Crippen LogP contribution in [0.5, 0.6) is 0 Å². The molecule has 0 aromatic heterocycles. The smallest absolute Gasteiger partial charge is 0.303 e. The van der Waals surface area contributed by atoms with Crippen molar-refractivity contribution in [2.24, 2.45) is 0 Å². The van der Waals surface area contributed by atoms with Crippen molar-refractivity contribution in [1.29, 1.82) is 0 Å². The zero-order valence-electron chi connectivity index (χ0n) is 18.4. The van der Waals surface area contributed by atoms with Crippen molar-refractivity contribution in [2.45, 2.75) is 58.3 Å². The molecule has 0 aliphatic carbocycles. The van der Waals surface area contributed by atoms with Gasteiger partial charge in [0, 0.05) is 40.8 Å². The van der Waals surface area contributed by atoms with Gasteiger partial charge in [0.1, 0.15) is 12.7 Å². The van der Waals surface area contributed by atoms with Crippen LogP contribution in [-0.4, -0.2) is 97.4 Å². The number of ether oxygens (including phenoxy) is 6. The molecule has 0 spiro atoms. The Morgan fingerprint density at radius 3 is 1.94 bits per heavy atom. The van der Waals surface area contributed by atoms with Crippen molar-refractivity contribution in [2.75, 3.05) is 32.9 Å². The highest BCUT2D eigenvalue weighted by atomic mass is 32.1. The molecule has 12 nitrogen and oxygen atoms in total. The Balaban J connectivity index is 2.35. The Morgan fingerprint density at radius 2 is 1.41 bits per heavy atom. The number of morpholine rings is 1. The fourth-order valence-corrected chi connectivity index (χ4v) is 3.62. The number of carbonyl (C=O) groups is 4. The molecule has 0 bridgehead atoms. The number of carbonyl (C=O) groups excluding carboxylic acids is 4. The van der Waals surface area contributed by atoms with E-state index >= 15 is 0 Å². The molecule has 180 valence electrons. The molecule has 2 saturated heterocycles. The first-order valence-electron chi connectivity index (χ1n) is 10.0. The third-order valence-electron chi connectivity index (χ3n) is 4.55. The normalized spacial score (nSPS) is 27.6. The van der Waals surface area contributed by atoms with Gasteiger partial charge in [0.15, 0.2) is 29.7 Å². The van der Waals surface area contributed by atoms with Crippen LogP contribution in [0.4, 0.5) is 0 Å². The van der Waals surface area contributed by atoms with Crippen LogP contribution in [0.15, 0.2) is 0 Å². The van der Waals surface area contributed by atoms with Gasteiger partial charge in [-0.3, -0.25) is 19.2 Å². The summed E-state index contributed by atoms with van der Waals surface area (Å²) < 4.78 is 32.4. The fraction of sp³-hybridized carbons (Fsp3) is 0.737. The Kier molecular flexibility index (Phi) is 9.60. The van der Waals surface area contributed by atoms with E-state index in [2.05, 4.69) is 5.32 Å². The van der Waals surface area contributed by atoms with Gasteiger partial charge in [-0.2, -0.15) is 0 Å². The molecule has 2 heterocycles. The zero-order chi connectivity index (χ0) is 23.8. The third kappa shape index (κ3) is 7.57. The molecule has 32 heavy (non-hydrogen) atoms. The molecule has 2 aliphatic heterocycles. The van der Waals surface area contributed by atoms with Crippen LogP contribution < -0.4 is 5.32 Å². The maximum atomic E-state index is 11.8. The Hall–Kier alpha value is -2.51. The standard InChI is InChI=1S/C19H28N2O10S/c1-10(22)27-9-14-15(28-11(2)23)16(29-12(3)24)17(30-13(4)25)18(31-14)20-19(32)21-5-7-26-8-6-21/h14-18H,5-9H2,1-4H3,(H,20,32)/t14-,15+,16-,17-,18+/m0/s1. The number of esters is 4. The highest BCUT2D eigenvalue weighted by molar-refractivity contribution is 7.80. The van der Waals surface area contributed by atoms with E-state index in [1.54, 1.807) is 0 Å². The number of hydrogen-bond acceptors (Lipinski definition) is 11. The molecule has 0 saturated carbocycles. The second-order valence-electron chi connectivity index (χ2n) is 7.17. The molecule has 0 radical (unpaired) electrons. The lowest BCUT2D eigenvalue weighted by atomic mass is 9.97. The van der Waals surface area contributed by atoms with Gasteiger partial charge >= 0.3 is 23.9 Å². The minimum atomic E-state index is -1.25. The summed E-state index contributed by atoms with van der Waals surface area (Å²) >= 11 is 5.45. The summed E-state index contributed by atoms with van der Waals surface area (Å²) in [6.45, 7) is 6.45. The highest BCUT2D eigenvalue weighted by Crippen LogP contribution is 2.28. The van der Waals surface area contributed by atoms with Crippen LogP contribution >= 0.6 is 12.2 Å². The van der Waals surface area contributed by atoms with E-state index in [0.29, 0.717) is 31.4 Å². The molecule has 0 aromatic rings. The van der Waals surface area contributed by atoms with E-state index < -0.39 is 54.5 Å². The van der Waals surface area contributed by atoms with Crippen LogP contribution in [0.25, 0.3) is 0 Å². The average Bonchev–Trinajstić information content (AvgIpc) is 2.70. The Bertz CT molecular complexity index is 727. The lowest BCUT2D eigenvalue weighted by Gasteiger charge is -2.45. The van der Waals surface area contributed by atoms with Gasteiger partial charge in [-0.1, -0.05) is 0 Å². The topological polar surface area (TPSA) is 139 Å². The second-order valence-corrected chi connectivity index (χ2v) is 7.56. The molecule has 0 aromatic carbocycles. The average molecular weight is 477 g/mol. The van der Waals surface area contributed by atoms with E-state index in [0.717, 1.165) is 13.8 Å². The minimum Gasteiger partial charge on any atom is -0.463 e. The molecule has 1 N–H and O–H groups in total. The van der Waals surface area contributed by atoms with E-state index in [1.807, 2.05) is 4.90 Å². The molecule has 5 atom stereocenters. The van der Waals surface area contributed by atoms with Crippen molar-refractivity contribution in [3.8, 4) is 0 Å². The summed E-state index contributed by atoms with van der Waals surface area (Å²) in [5.41, 5.74) is 0. The first-order valence-corrected chi connectivity index (χ1v) is 10.4. The van der Waals surface area contributed by atoms with Gasteiger partial charge in [0.2, 0.25) is 0 Å². The lowest BCUT2D eigenvalue weighted by molar-refractivity contribution is -0.255. The van der Waals surface area contributed by atoms with Gasteiger partial charge in [-0.05, 0) is 12.2 Å². The maximum Gasteiger partial charge on any atom is 0.303 e. The van der Waals surface area contributed by atoms with Crippen LogP contribution in [0.1, 0.15) is 27.7 Å². The quantitative estimate of drug-likeness (QED) is 0.293. The molecule has 13 heteroatoms. The molecule has 2 fully saturated rings. The summed E-state index contributed by atoms with van der Waals surface area (Å²) in [6, 6.07) is 0. The van der Waals surface area contributed by atoms with Gasteiger partial charge in [0.05, 0.1) is 13.2 Å². The SMILES string of the molecule is CC(=O)OC[C@@H]1O[C@@H](NC(=S)N2CCOCC2)[C@@H](OC(C)=O)[C@@H](OC(C)=O)[C@@H]1OC(C)=O. The first kappa shape index (κ1) is 25.7. The van der Waals surface area contributed by atoms with E-state index in [1.165, 1.54) is 13.8 Å². The van der Waals surface area contributed by atoms with Crippen molar-refractivity contribution in [3.05, 3.63) is 0 Å². The van der Waals surface area contributed by atoms with Crippen LogP contribution in [0.3, 0.4) is 0 Å². The number of nitrogens with one attached hydrogen (secondary N) is 1. The third-order valence-corrected chi connectivity index (χ3v) is 4.93. The molecular weight excluding hydrogens is 448 g/mol. The van der Waals surface area contributed by atoms with Crippen molar-refractivity contribution in [1.82, 2.24) is 10.2 Å². The number of nitrogens with zero attached hydrogens (tertiary/aromatic N) is 1. The van der Waals surface area contributed by atoms with E-state index in [9.17, 15) is 19.2 Å². The number of rotatable bonds is 6. The van der Waals surface area contributed by atoms with Crippen LogP contribution in [0.2, 0.25) is 0 Å². The molecule has 2 rings (SSSR count). The molecular formula is C19H28N2O10S. The lowest BCUT2D eigenvalue weighted by Crippen LogP contribution is -2.67. The summed E-state index contributed by atoms with van der Waals surface area (Å²) in [4.78, 5) is 48.6. The Labute approximate surface area is 190 Å². The fourth-order valence-electron chi connectivity index (χ4n) is 3.32. The van der Waals surface area contributed by atoms with E-state index in [-0.39, 0.29) is 6.61 Å². The summed E-state index contributed by atoms with van der Waals surface area (Å²) in [6.07, 6.45) is -5.81. The van der Waals surface area contributed by atoms with Crippen LogP contribution in [-0.2, 0) is 47.6 Å². The van der Waals surface area contributed by atoms with E-state index in [4.69, 9.17) is 40.6 Å². The molecule has 0 amide bonds. The number of hydrogen-bond donors (Lipinski definition) is 1. The highest BCUT2D eigenvalue weighted by Gasteiger charge is 2.52. The Morgan fingerprint density at radius 1 is 0.875 bits per heavy atom. The van der Waals surface area contributed by atoms with Crippen molar-refractivity contribution < 1.29 is 47.6 Å². The van der Waals surface area contributed by atoms with Crippen molar-refractivity contribution >= 4 is 41.2 Å². The van der Waals surface area contributed by atoms with Gasteiger partial charge < -0.3 is 38.6 Å². The van der Waals surface area contributed by atoms with Gasteiger partial charge in [-0.25, -0.2) is 0 Å². The summed E-state index contributed by atoms with van der Waals surface area (Å²) in [5.74, 6) is -2.66. The summed E-state index contributed by atoms with van der Waals surface area (Å²) in [7, 11) is 0. The monoisotopic (exact) mass is 476 g/mol. The largest absolute Gasteiger partial charge is 0.463 e.